The van der Waals surface area contributed by atoms with Gasteiger partial charge in [-0.05, 0) is 37.0 Å². The zero-order chi connectivity index (χ0) is 20.9. The first-order chi connectivity index (χ1) is 14.6. The summed E-state index contributed by atoms with van der Waals surface area (Å²) in [6.45, 7) is 3.57. The summed E-state index contributed by atoms with van der Waals surface area (Å²) in [5, 5.41) is 3.48. The van der Waals surface area contributed by atoms with Crippen molar-refractivity contribution in [3.05, 3.63) is 77.6 Å². The lowest BCUT2D eigenvalue weighted by Crippen LogP contribution is -2.36. The Morgan fingerprint density at radius 3 is 2.57 bits per heavy atom. The van der Waals surface area contributed by atoms with Crippen molar-refractivity contribution in [3.8, 4) is 0 Å². The normalized spacial score (nSPS) is 13.7. The lowest BCUT2D eigenvalue weighted by atomic mass is 10.1. The molecule has 0 saturated carbocycles. The van der Waals surface area contributed by atoms with E-state index in [4.69, 9.17) is 0 Å². The third-order valence-electron chi connectivity index (χ3n) is 5.46. The minimum Gasteiger partial charge on any atom is -0.370 e. The summed E-state index contributed by atoms with van der Waals surface area (Å²) >= 11 is 0. The van der Waals surface area contributed by atoms with Crippen LogP contribution in [0.2, 0.25) is 0 Å². The number of rotatable bonds is 6. The number of nitrogens with one attached hydrogen (secondary N) is 1. The van der Waals surface area contributed by atoms with E-state index in [-0.39, 0.29) is 12.5 Å². The highest BCUT2D eigenvalue weighted by Gasteiger charge is 2.28. The molecule has 6 nitrogen and oxygen atoms in total. The van der Waals surface area contributed by atoms with Crippen LogP contribution in [0.4, 0.5) is 17.3 Å². The van der Waals surface area contributed by atoms with Crippen LogP contribution in [0.25, 0.3) is 0 Å². The van der Waals surface area contributed by atoms with Crippen molar-refractivity contribution in [3.63, 3.8) is 0 Å². The van der Waals surface area contributed by atoms with Crippen LogP contribution in [0.1, 0.15) is 23.1 Å². The highest BCUT2D eigenvalue weighted by Crippen LogP contribution is 2.31. The summed E-state index contributed by atoms with van der Waals surface area (Å²) in [4.78, 5) is 25.7. The quantitative estimate of drug-likeness (QED) is 0.637. The average Bonchev–Trinajstić information content (AvgIpc) is 2.89. The number of amides is 1. The van der Waals surface area contributed by atoms with Gasteiger partial charge in [0, 0.05) is 19.3 Å². The van der Waals surface area contributed by atoms with Gasteiger partial charge in [-0.25, -0.2) is 9.97 Å². The average molecular weight is 402 g/mol. The minimum atomic E-state index is 0.0554. The lowest BCUT2D eigenvalue weighted by Gasteiger charge is -2.23. The number of anilines is 3. The SMILES string of the molecule is Cc1ccccc1N1Cc2c(NCCCc3ccccc3)ncnc2N(C)CC1=O. The summed E-state index contributed by atoms with van der Waals surface area (Å²) in [5.41, 5.74) is 4.29. The maximum Gasteiger partial charge on any atom is 0.246 e. The third kappa shape index (κ3) is 4.27. The monoisotopic (exact) mass is 401 g/mol. The van der Waals surface area contributed by atoms with E-state index in [0.717, 1.165) is 47.8 Å². The molecule has 0 aliphatic carbocycles. The second kappa shape index (κ2) is 8.95. The van der Waals surface area contributed by atoms with Crippen LogP contribution >= 0.6 is 0 Å². The molecule has 0 fully saturated rings. The van der Waals surface area contributed by atoms with E-state index in [2.05, 4.69) is 39.6 Å². The van der Waals surface area contributed by atoms with Crippen LogP contribution in [-0.2, 0) is 17.8 Å². The van der Waals surface area contributed by atoms with Gasteiger partial charge in [0.05, 0.1) is 18.7 Å². The van der Waals surface area contributed by atoms with Crippen LogP contribution in [0.15, 0.2) is 60.9 Å². The Hall–Kier alpha value is -3.41. The fraction of sp³-hybridized carbons (Fsp3) is 0.292. The van der Waals surface area contributed by atoms with Crippen molar-refractivity contribution in [2.24, 2.45) is 0 Å². The molecule has 30 heavy (non-hydrogen) atoms. The number of para-hydroxylation sites is 1. The summed E-state index contributed by atoms with van der Waals surface area (Å²) in [6, 6.07) is 18.5. The number of nitrogens with zero attached hydrogens (tertiary/aromatic N) is 4. The number of carbonyl (C=O) groups excluding carboxylic acids is 1. The van der Waals surface area contributed by atoms with E-state index in [1.165, 1.54) is 5.56 Å². The van der Waals surface area contributed by atoms with E-state index in [1.807, 2.05) is 54.1 Å². The molecule has 2 heterocycles. The molecule has 6 heteroatoms. The van der Waals surface area contributed by atoms with Crippen LogP contribution < -0.4 is 15.1 Å². The number of hydrogen-bond donors (Lipinski definition) is 1. The predicted molar refractivity (Wildman–Crippen MR) is 121 cm³/mol. The van der Waals surface area contributed by atoms with Crippen molar-refractivity contribution in [2.75, 3.05) is 35.3 Å². The van der Waals surface area contributed by atoms with E-state index in [1.54, 1.807) is 6.33 Å². The molecule has 0 saturated heterocycles. The van der Waals surface area contributed by atoms with Crippen molar-refractivity contribution in [1.29, 1.82) is 0 Å². The highest BCUT2D eigenvalue weighted by molar-refractivity contribution is 5.98. The van der Waals surface area contributed by atoms with Crippen molar-refractivity contribution >= 4 is 23.2 Å². The zero-order valence-electron chi connectivity index (χ0n) is 17.5. The van der Waals surface area contributed by atoms with Crippen LogP contribution in [-0.4, -0.2) is 36.0 Å². The van der Waals surface area contributed by atoms with Crippen molar-refractivity contribution in [2.45, 2.75) is 26.3 Å². The van der Waals surface area contributed by atoms with Gasteiger partial charge in [-0.15, -0.1) is 0 Å². The van der Waals surface area contributed by atoms with Gasteiger partial charge in [-0.1, -0.05) is 48.5 Å². The second-order valence-electron chi connectivity index (χ2n) is 7.66. The van der Waals surface area contributed by atoms with E-state index in [0.29, 0.717) is 6.54 Å². The molecule has 1 aliphatic heterocycles. The number of hydrogen-bond acceptors (Lipinski definition) is 5. The Morgan fingerprint density at radius 2 is 1.77 bits per heavy atom. The Balaban J connectivity index is 1.54. The van der Waals surface area contributed by atoms with Gasteiger partial charge in [0.2, 0.25) is 5.91 Å². The number of carbonyl (C=O) groups is 1. The number of aryl methyl sites for hydroxylation is 2. The van der Waals surface area contributed by atoms with Crippen LogP contribution in [0.3, 0.4) is 0 Å². The molecule has 0 atom stereocenters. The molecule has 154 valence electrons. The Kier molecular flexibility index (Phi) is 5.93. The molecule has 1 N–H and O–H groups in total. The molecule has 0 unspecified atom stereocenters. The van der Waals surface area contributed by atoms with Crippen LogP contribution in [0.5, 0.6) is 0 Å². The van der Waals surface area contributed by atoms with Gasteiger partial charge >= 0.3 is 0 Å². The van der Waals surface area contributed by atoms with E-state index < -0.39 is 0 Å². The molecule has 4 rings (SSSR count). The Labute approximate surface area is 177 Å². The summed E-state index contributed by atoms with van der Waals surface area (Å²) in [7, 11) is 1.91. The minimum absolute atomic E-state index is 0.0554. The largest absolute Gasteiger partial charge is 0.370 e. The van der Waals surface area contributed by atoms with Crippen LogP contribution in [0, 0.1) is 6.92 Å². The molecule has 1 aromatic heterocycles. The van der Waals surface area contributed by atoms with Gasteiger partial charge in [0.15, 0.2) is 0 Å². The fourth-order valence-corrected chi connectivity index (χ4v) is 3.87. The first-order valence-electron chi connectivity index (χ1n) is 10.3. The maximum atomic E-state index is 13.0. The van der Waals surface area contributed by atoms with Gasteiger partial charge < -0.3 is 15.1 Å². The third-order valence-corrected chi connectivity index (χ3v) is 5.46. The Morgan fingerprint density at radius 1 is 1.00 bits per heavy atom. The lowest BCUT2D eigenvalue weighted by molar-refractivity contribution is -0.117. The number of likely N-dealkylation sites (N-methyl/N-ethyl adjacent to an activating group) is 1. The zero-order valence-corrected chi connectivity index (χ0v) is 17.5. The number of fused-ring (bicyclic) bond motifs is 1. The number of aromatic nitrogens is 2. The first kappa shape index (κ1) is 19.9. The van der Waals surface area contributed by atoms with Crippen molar-refractivity contribution in [1.82, 2.24) is 9.97 Å². The van der Waals surface area contributed by atoms with Gasteiger partial charge in [-0.3, -0.25) is 4.79 Å². The highest BCUT2D eigenvalue weighted by atomic mass is 16.2. The first-order valence-corrected chi connectivity index (χ1v) is 10.3. The molecule has 1 amide bonds. The molecule has 3 aromatic rings. The summed E-state index contributed by atoms with van der Waals surface area (Å²) in [5.74, 6) is 1.66. The summed E-state index contributed by atoms with van der Waals surface area (Å²) in [6.07, 6.45) is 3.58. The molecule has 1 aliphatic rings. The molecular weight excluding hydrogens is 374 g/mol. The molecule has 0 bridgehead atoms. The topological polar surface area (TPSA) is 61.4 Å². The standard InChI is InChI=1S/C24H27N5O/c1-18-9-6-7-13-21(18)29-15-20-23(25-14-8-12-19-10-4-3-5-11-19)26-17-27-24(20)28(2)16-22(29)30/h3-7,9-11,13,17H,8,12,14-16H2,1-2H3,(H,25,26,27). The molecule has 2 aromatic carbocycles. The number of benzene rings is 2. The Bertz CT molecular complexity index is 1020. The van der Waals surface area contributed by atoms with E-state index >= 15 is 0 Å². The van der Waals surface area contributed by atoms with Crippen molar-refractivity contribution < 1.29 is 4.79 Å². The van der Waals surface area contributed by atoms with Gasteiger partial charge in [-0.2, -0.15) is 0 Å². The summed E-state index contributed by atoms with van der Waals surface area (Å²) < 4.78 is 0. The predicted octanol–water partition coefficient (Wildman–Crippen LogP) is 3.81. The molecular formula is C24H27N5O. The molecule has 0 spiro atoms. The fourth-order valence-electron chi connectivity index (χ4n) is 3.87. The second-order valence-corrected chi connectivity index (χ2v) is 7.66. The van der Waals surface area contributed by atoms with Gasteiger partial charge in [0.25, 0.3) is 0 Å². The smallest absolute Gasteiger partial charge is 0.246 e. The van der Waals surface area contributed by atoms with E-state index in [9.17, 15) is 4.79 Å². The van der Waals surface area contributed by atoms with Gasteiger partial charge in [0.1, 0.15) is 18.0 Å². The maximum absolute atomic E-state index is 13.0. The molecule has 0 radical (unpaired) electrons.